The third-order valence-corrected chi connectivity index (χ3v) is 3.51. The molecule has 0 aliphatic heterocycles. The van der Waals surface area contributed by atoms with Crippen LogP contribution in [0.5, 0.6) is 0 Å². The molecule has 0 fully saturated rings. The van der Waals surface area contributed by atoms with Gasteiger partial charge in [-0.2, -0.15) is 5.10 Å². The molecule has 108 valence electrons. The molecule has 0 aliphatic rings. The molecule has 1 unspecified atom stereocenters. The smallest absolute Gasteiger partial charge is 0.147 e. The summed E-state index contributed by atoms with van der Waals surface area (Å²) in [6.45, 7) is 1.36. The van der Waals surface area contributed by atoms with Gasteiger partial charge in [0.15, 0.2) is 0 Å². The number of aliphatic hydroxyl groups is 1. The Morgan fingerprint density at radius 3 is 2.90 bits per heavy atom. The molecular weight excluding hydrogens is 327 g/mol. The SMILES string of the molecule is CN(C)CCn1ncc(Br)c1C(O)c1ncccc1F. The molecule has 2 aromatic heterocycles. The number of nitrogens with zero attached hydrogens (tertiary/aromatic N) is 4. The van der Waals surface area contributed by atoms with Crippen molar-refractivity contribution in [2.45, 2.75) is 12.6 Å². The lowest BCUT2D eigenvalue weighted by atomic mass is 10.1. The van der Waals surface area contributed by atoms with Gasteiger partial charge in [0.1, 0.15) is 17.6 Å². The zero-order valence-corrected chi connectivity index (χ0v) is 12.9. The Morgan fingerprint density at radius 2 is 2.25 bits per heavy atom. The van der Waals surface area contributed by atoms with E-state index in [1.807, 2.05) is 19.0 Å². The van der Waals surface area contributed by atoms with Gasteiger partial charge >= 0.3 is 0 Å². The van der Waals surface area contributed by atoms with Crippen LogP contribution in [0.3, 0.4) is 0 Å². The van der Waals surface area contributed by atoms with Crippen LogP contribution in [-0.2, 0) is 6.54 Å². The van der Waals surface area contributed by atoms with Crippen molar-refractivity contribution in [1.29, 1.82) is 0 Å². The van der Waals surface area contributed by atoms with E-state index in [-0.39, 0.29) is 5.69 Å². The zero-order chi connectivity index (χ0) is 14.7. The molecule has 20 heavy (non-hydrogen) atoms. The van der Waals surface area contributed by atoms with E-state index in [2.05, 4.69) is 26.0 Å². The molecule has 0 aromatic carbocycles. The molecule has 0 spiro atoms. The third-order valence-electron chi connectivity index (χ3n) is 2.90. The second-order valence-corrected chi connectivity index (χ2v) is 5.53. The van der Waals surface area contributed by atoms with Gasteiger partial charge in [-0.25, -0.2) is 4.39 Å². The molecule has 2 heterocycles. The number of likely N-dealkylation sites (N-methyl/N-ethyl adjacent to an activating group) is 1. The Balaban J connectivity index is 2.32. The van der Waals surface area contributed by atoms with Crippen LogP contribution in [0.25, 0.3) is 0 Å². The van der Waals surface area contributed by atoms with Gasteiger partial charge in [0, 0.05) is 12.7 Å². The highest BCUT2D eigenvalue weighted by Crippen LogP contribution is 2.28. The minimum Gasteiger partial charge on any atom is -0.380 e. The van der Waals surface area contributed by atoms with E-state index in [9.17, 15) is 9.50 Å². The van der Waals surface area contributed by atoms with Crippen molar-refractivity contribution in [2.75, 3.05) is 20.6 Å². The fraction of sp³-hybridized carbons (Fsp3) is 0.385. The van der Waals surface area contributed by atoms with Crippen LogP contribution in [-0.4, -0.2) is 45.4 Å². The first kappa shape index (κ1) is 15.1. The second kappa shape index (κ2) is 6.43. The number of rotatable bonds is 5. The number of hydrogen-bond acceptors (Lipinski definition) is 4. The minimum atomic E-state index is -1.16. The molecule has 0 radical (unpaired) electrons. The first-order chi connectivity index (χ1) is 9.50. The normalized spacial score (nSPS) is 12.9. The lowest BCUT2D eigenvalue weighted by Crippen LogP contribution is -2.21. The topological polar surface area (TPSA) is 54.2 Å². The van der Waals surface area contributed by atoms with Crippen LogP contribution < -0.4 is 0 Å². The third kappa shape index (κ3) is 3.23. The zero-order valence-electron chi connectivity index (χ0n) is 11.3. The predicted octanol–water partition coefficient (Wildman–Crippen LogP) is 1.82. The Morgan fingerprint density at radius 1 is 1.50 bits per heavy atom. The van der Waals surface area contributed by atoms with Gasteiger partial charge in [0.05, 0.1) is 22.9 Å². The van der Waals surface area contributed by atoms with Gasteiger partial charge in [-0.05, 0) is 42.2 Å². The van der Waals surface area contributed by atoms with Crippen molar-refractivity contribution in [1.82, 2.24) is 19.7 Å². The lowest BCUT2D eigenvalue weighted by molar-refractivity contribution is 0.194. The summed E-state index contributed by atoms with van der Waals surface area (Å²) in [4.78, 5) is 5.92. The van der Waals surface area contributed by atoms with E-state index < -0.39 is 11.9 Å². The fourth-order valence-corrected chi connectivity index (χ4v) is 2.36. The van der Waals surface area contributed by atoms with Gasteiger partial charge < -0.3 is 10.0 Å². The fourth-order valence-electron chi connectivity index (χ4n) is 1.85. The van der Waals surface area contributed by atoms with Gasteiger partial charge in [-0.3, -0.25) is 9.67 Å². The molecule has 2 aromatic rings. The van der Waals surface area contributed by atoms with E-state index in [1.165, 1.54) is 18.3 Å². The summed E-state index contributed by atoms with van der Waals surface area (Å²) >= 11 is 3.34. The highest BCUT2D eigenvalue weighted by atomic mass is 79.9. The number of aromatic nitrogens is 3. The summed E-state index contributed by atoms with van der Waals surface area (Å²) in [5.74, 6) is -0.535. The van der Waals surface area contributed by atoms with Crippen molar-refractivity contribution in [3.05, 3.63) is 46.2 Å². The molecule has 1 atom stereocenters. The molecule has 0 bridgehead atoms. The van der Waals surface area contributed by atoms with Crippen LogP contribution in [0.2, 0.25) is 0 Å². The van der Waals surface area contributed by atoms with Crippen molar-refractivity contribution >= 4 is 15.9 Å². The van der Waals surface area contributed by atoms with E-state index >= 15 is 0 Å². The molecular formula is C13H16BrFN4O. The molecule has 0 saturated carbocycles. The highest BCUT2D eigenvalue weighted by Gasteiger charge is 2.23. The van der Waals surface area contributed by atoms with E-state index in [4.69, 9.17) is 0 Å². The van der Waals surface area contributed by atoms with E-state index in [1.54, 1.807) is 10.9 Å². The molecule has 0 aliphatic carbocycles. The van der Waals surface area contributed by atoms with Crippen molar-refractivity contribution in [3.8, 4) is 0 Å². The maximum atomic E-state index is 13.7. The summed E-state index contributed by atoms with van der Waals surface area (Å²) in [5.41, 5.74) is 0.504. The number of halogens is 2. The maximum absolute atomic E-state index is 13.7. The van der Waals surface area contributed by atoms with Crippen LogP contribution in [0.4, 0.5) is 4.39 Å². The van der Waals surface area contributed by atoms with E-state index in [0.717, 1.165) is 6.54 Å². The van der Waals surface area contributed by atoms with Crippen molar-refractivity contribution in [2.24, 2.45) is 0 Å². The quantitative estimate of drug-likeness (QED) is 0.900. The number of aliphatic hydroxyl groups excluding tert-OH is 1. The van der Waals surface area contributed by atoms with Gasteiger partial charge in [-0.1, -0.05) is 0 Å². The average molecular weight is 343 g/mol. The Hall–Kier alpha value is -1.31. The van der Waals surface area contributed by atoms with Crippen LogP contribution in [0.15, 0.2) is 29.0 Å². The summed E-state index contributed by atoms with van der Waals surface area (Å²) in [6, 6.07) is 2.77. The molecule has 1 N–H and O–H groups in total. The molecule has 5 nitrogen and oxygen atoms in total. The Bertz CT molecular complexity index is 588. The van der Waals surface area contributed by atoms with Crippen molar-refractivity contribution < 1.29 is 9.50 Å². The maximum Gasteiger partial charge on any atom is 0.147 e. The van der Waals surface area contributed by atoms with Gasteiger partial charge in [0.25, 0.3) is 0 Å². The summed E-state index contributed by atoms with van der Waals surface area (Å²) in [5, 5.41) is 14.6. The molecule has 7 heteroatoms. The monoisotopic (exact) mass is 342 g/mol. The first-order valence-electron chi connectivity index (χ1n) is 6.15. The minimum absolute atomic E-state index is 0.000182. The van der Waals surface area contributed by atoms with Crippen LogP contribution >= 0.6 is 15.9 Å². The summed E-state index contributed by atoms with van der Waals surface area (Å²) in [7, 11) is 3.90. The molecule has 0 amide bonds. The molecule has 0 saturated heterocycles. The second-order valence-electron chi connectivity index (χ2n) is 4.68. The molecule has 2 rings (SSSR count). The van der Waals surface area contributed by atoms with Gasteiger partial charge in [0.2, 0.25) is 0 Å². The van der Waals surface area contributed by atoms with Crippen LogP contribution in [0, 0.1) is 5.82 Å². The Labute approximate surface area is 125 Å². The summed E-state index contributed by atoms with van der Waals surface area (Å²) < 4.78 is 16.0. The summed E-state index contributed by atoms with van der Waals surface area (Å²) in [6.07, 6.45) is 1.89. The highest BCUT2D eigenvalue weighted by molar-refractivity contribution is 9.10. The lowest BCUT2D eigenvalue weighted by Gasteiger charge is -2.16. The Kier molecular flexibility index (Phi) is 4.85. The van der Waals surface area contributed by atoms with Crippen molar-refractivity contribution in [3.63, 3.8) is 0 Å². The van der Waals surface area contributed by atoms with Crippen LogP contribution in [0.1, 0.15) is 17.5 Å². The van der Waals surface area contributed by atoms with Gasteiger partial charge in [-0.15, -0.1) is 0 Å². The average Bonchev–Trinajstić information content (AvgIpc) is 2.77. The largest absolute Gasteiger partial charge is 0.380 e. The first-order valence-corrected chi connectivity index (χ1v) is 6.94. The standard InChI is InChI=1S/C13H16BrFN4O/c1-18(2)6-7-19-12(9(14)8-17-19)13(20)11-10(15)4-3-5-16-11/h3-5,8,13,20H,6-7H2,1-2H3. The predicted molar refractivity (Wildman–Crippen MR) is 76.7 cm³/mol. The van der Waals surface area contributed by atoms with E-state index in [0.29, 0.717) is 16.7 Å². The number of hydrogen-bond donors (Lipinski definition) is 1. The number of pyridine rings is 1.